The van der Waals surface area contributed by atoms with Crippen molar-refractivity contribution >= 4 is 35.7 Å². The molecule has 0 saturated carbocycles. The molecule has 0 aliphatic rings. The molecule has 0 unspecified atom stereocenters. The van der Waals surface area contributed by atoms with Gasteiger partial charge in [0, 0.05) is 11.1 Å². The maximum absolute atomic E-state index is 12.9. The molecule has 0 spiro atoms. The van der Waals surface area contributed by atoms with Crippen molar-refractivity contribution < 1.29 is 18.4 Å². The van der Waals surface area contributed by atoms with E-state index in [9.17, 15) is 9.36 Å². The number of nitrogen functional groups attached to an aromatic ring is 1. The summed E-state index contributed by atoms with van der Waals surface area (Å²) in [6.07, 6.45) is -0.199. The third-order valence-electron chi connectivity index (χ3n) is 3.02. The summed E-state index contributed by atoms with van der Waals surface area (Å²) in [5.74, 6) is -0.409. The number of carbonyl (C=O) groups excluding carboxylic acids is 1. The van der Waals surface area contributed by atoms with Crippen LogP contribution in [0.5, 0.6) is 0 Å². The lowest BCUT2D eigenvalue weighted by molar-refractivity contribution is 0.0983. The molecule has 1 aromatic carbocycles. The Labute approximate surface area is 144 Å². The van der Waals surface area contributed by atoms with Crippen molar-refractivity contribution in [1.29, 1.82) is 0 Å². The second kappa shape index (κ2) is 8.39. The number of rotatable bonds is 8. The van der Waals surface area contributed by atoms with Crippen molar-refractivity contribution in [1.82, 2.24) is 4.98 Å². The number of amides is 1. The molecule has 9 heteroatoms. The van der Waals surface area contributed by atoms with Gasteiger partial charge in [0.25, 0.3) is 5.91 Å². The number of hydrogen-bond donors (Lipinski definition) is 1. The van der Waals surface area contributed by atoms with Crippen LogP contribution in [0.15, 0.2) is 35.7 Å². The van der Waals surface area contributed by atoms with E-state index < -0.39 is 13.5 Å². The predicted molar refractivity (Wildman–Crippen MR) is 95.5 cm³/mol. The molecule has 0 aliphatic carbocycles. The van der Waals surface area contributed by atoms with Gasteiger partial charge in [0.1, 0.15) is 12.0 Å². The summed E-state index contributed by atoms with van der Waals surface area (Å²) in [5.41, 5.74) is 6.38. The SMILES string of the molecule is CCOP(=O)(CN(C(=O)c1csc(N)n1)c1ccccc1)OCC. The number of carbonyl (C=O) groups is 1. The molecule has 7 nitrogen and oxygen atoms in total. The number of hydrogen-bond acceptors (Lipinski definition) is 7. The van der Waals surface area contributed by atoms with Crippen molar-refractivity contribution in [3.8, 4) is 0 Å². The Hall–Kier alpha value is -1.73. The van der Waals surface area contributed by atoms with Crippen LogP contribution < -0.4 is 10.6 Å². The normalized spacial score (nSPS) is 11.4. The van der Waals surface area contributed by atoms with Crippen LogP contribution in [0.2, 0.25) is 0 Å². The zero-order valence-electron chi connectivity index (χ0n) is 13.5. The fourth-order valence-electron chi connectivity index (χ4n) is 2.08. The molecule has 1 amide bonds. The Kier molecular flexibility index (Phi) is 6.51. The van der Waals surface area contributed by atoms with Crippen LogP contribution in [0.25, 0.3) is 0 Å². The highest BCUT2D eigenvalue weighted by molar-refractivity contribution is 7.54. The summed E-state index contributed by atoms with van der Waals surface area (Å²) in [6, 6.07) is 8.90. The van der Waals surface area contributed by atoms with Gasteiger partial charge in [0.05, 0.1) is 13.2 Å². The van der Waals surface area contributed by atoms with Gasteiger partial charge in [-0.15, -0.1) is 11.3 Å². The van der Waals surface area contributed by atoms with Gasteiger partial charge in [-0.3, -0.25) is 14.3 Å². The van der Waals surface area contributed by atoms with Gasteiger partial charge in [-0.1, -0.05) is 18.2 Å². The van der Waals surface area contributed by atoms with E-state index >= 15 is 0 Å². The fourth-order valence-corrected chi connectivity index (χ4v) is 4.28. The van der Waals surface area contributed by atoms with Crippen LogP contribution in [0.1, 0.15) is 24.3 Å². The van der Waals surface area contributed by atoms with Crippen LogP contribution >= 0.6 is 18.9 Å². The van der Waals surface area contributed by atoms with E-state index in [1.54, 1.807) is 43.5 Å². The average molecular weight is 369 g/mol. The molecule has 2 aromatic rings. The minimum absolute atomic E-state index is 0.195. The van der Waals surface area contributed by atoms with Crippen molar-refractivity contribution in [2.75, 3.05) is 30.1 Å². The monoisotopic (exact) mass is 369 g/mol. The Bertz CT molecular complexity index is 713. The lowest BCUT2D eigenvalue weighted by Crippen LogP contribution is -2.33. The summed E-state index contributed by atoms with van der Waals surface area (Å²) < 4.78 is 23.5. The van der Waals surface area contributed by atoms with Crippen LogP contribution in [0.3, 0.4) is 0 Å². The third-order valence-corrected chi connectivity index (χ3v) is 5.63. The Morgan fingerprint density at radius 1 is 1.25 bits per heavy atom. The van der Waals surface area contributed by atoms with Crippen molar-refractivity contribution in [2.45, 2.75) is 13.8 Å². The molecule has 24 heavy (non-hydrogen) atoms. The fraction of sp³-hybridized carbons (Fsp3) is 0.333. The molecular formula is C15H20N3O4PS. The first-order valence-electron chi connectivity index (χ1n) is 7.45. The first-order valence-corrected chi connectivity index (χ1v) is 10.1. The molecule has 1 heterocycles. The van der Waals surface area contributed by atoms with E-state index in [1.807, 2.05) is 6.07 Å². The predicted octanol–water partition coefficient (Wildman–Crippen LogP) is 3.60. The summed E-state index contributed by atoms with van der Waals surface area (Å²) in [7, 11) is -3.46. The maximum atomic E-state index is 12.9. The first kappa shape index (κ1) is 18.6. The summed E-state index contributed by atoms with van der Waals surface area (Å²) in [4.78, 5) is 18.2. The van der Waals surface area contributed by atoms with E-state index in [0.717, 1.165) is 0 Å². The first-order chi connectivity index (χ1) is 11.5. The largest absolute Gasteiger partial charge is 0.375 e. The summed E-state index contributed by atoms with van der Waals surface area (Å²) >= 11 is 1.17. The van der Waals surface area contributed by atoms with Gasteiger partial charge in [0.2, 0.25) is 0 Å². The standard InChI is InChI=1S/C15H20N3O4PS/c1-3-21-23(20,22-4-2)11-18(12-8-6-5-7-9-12)14(19)13-10-24-15(16)17-13/h5-10H,3-4,11H2,1-2H3,(H2,16,17). The molecule has 0 saturated heterocycles. The van der Waals surface area contributed by atoms with Gasteiger partial charge >= 0.3 is 7.60 Å². The lowest BCUT2D eigenvalue weighted by Gasteiger charge is -2.26. The number of nitrogens with zero attached hydrogens (tertiary/aromatic N) is 2. The summed E-state index contributed by atoms with van der Waals surface area (Å²) in [6.45, 7) is 3.89. The number of nitrogens with two attached hydrogens (primary N) is 1. The highest BCUT2D eigenvalue weighted by atomic mass is 32.1. The van der Waals surface area contributed by atoms with Crippen molar-refractivity contribution in [3.63, 3.8) is 0 Å². The topological polar surface area (TPSA) is 94.8 Å². The second-order valence-electron chi connectivity index (χ2n) is 4.73. The third kappa shape index (κ3) is 4.64. The van der Waals surface area contributed by atoms with Crippen LogP contribution in [0, 0.1) is 0 Å². The molecule has 2 rings (SSSR count). The van der Waals surface area contributed by atoms with E-state index in [2.05, 4.69) is 4.98 Å². The van der Waals surface area contributed by atoms with Gasteiger partial charge in [-0.2, -0.15) is 0 Å². The highest BCUT2D eigenvalue weighted by Crippen LogP contribution is 2.49. The van der Waals surface area contributed by atoms with Gasteiger partial charge in [-0.05, 0) is 26.0 Å². The van der Waals surface area contributed by atoms with Gasteiger partial charge < -0.3 is 14.8 Å². The number of aromatic nitrogens is 1. The number of para-hydroxylation sites is 1. The molecule has 0 bridgehead atoms. The van der Waals surface area contributed by atoms with Gasteiger partial charge in [-0.25, -0.2) is 4.98 Å². The molecule has 130 valence electrons. The maximum Gasteiger partial charge on any atom is 0.350 e. The quantitative estimate of drug-likeness (QED) is 0.715. The molecule has 0 atom stereocenters. The summed E-state index contributed by atoms with van der Waals surface area (Å²) in [5, 5.41) is 1.86. The number of thiazole rings is 1. The van der Waals surface area contributed by atoms with Crippen molar-refractivity contribution in [3.05, 3.63) is 41.4 Å². The van der Waals surface area contributed by atoms with Gasteiger partial charge in [0.15, 0.2) is 5.13 Å². The van der Waals surface area contributed by atoms with E-state index in [-0.39, 0.29) is 25.2 Å². The smallest absolute Gasteiger partial charge is 0.350 e. The zero-order valence-corrected chi connectivity index (χ0v) is 15.3. The molecule has 1 aromatic heterocycles. The highest BCUT2D eigenvalue weighted by Gasteiger charge is 2.32. The van der Waals surface area contributed by atoms with E-state index in [0.29, 0.717) is 10.8 Å². The molecule has 0 fully saturated rings. The Morgan fingerprint density at radius 2 is 1.88 bits per heavy atom. The second-order valence-corrected chi connectivity index (χ2v) is 7.64. The van der Waals surface area contributed by atoms with Crippen molar-refractivity contribution in [2.24, 2.45) is 0 Å². The Balaban J connectivity index is 2.36. The minimum atomic E-state index is -3.46. The lowest BCUT2D eigenvalue weighted by atomic mass is 10.3. The van der Waals surface area contributed by atoms with E-state index in [1.165, 1.54) is 16.2 Å². The van der Waals surface area contributed by atoms with Crippen LogP contribution in [-0.2, 0) is 13.6 Å². The Morgan fingerprint density at radius 3 is 2.38 bits per heavy atom. The molecule has 0 radical (unpaired) electrons. The number of anilines is 2. The molecule has 2 N–H and O–H groups in total. The molecule has 0 aliphatic heterocycles. The van der Waals surface area contributed by atoms with E-state index in [4.69, 9.17) is 14.8 Å². The molecular weight excluding hydrogens is 349 g/mol. The van der Waals surface area contributed by atoms with Crippen LogP contribution in [0.4, 0.5) is 10.8 Å². The average Bonchev–Trinajstić information content (AvgIpc) is 3.00. The number of benzene rings is 1. The minimum Gasteiger partial charge on any atom is -0.375 e. The van der Waals surface area contributed by atoms with Crippen LogP contribution in [-0.4, -0.2) is 30.4 Å². The zero-order chi connectivity index (χ0) is 17.6.